The molecule has 8 nitrogen and oxygen atoms in total. The molecule has 0 spiro atoms. The molecule has 0 radical (unpaired) electrons. The van der Waals surface area contributed by atoms with Crippen molar-refractivity contribution in [2.24, 2.45) is 20.9 Å². The van der Waals surface area contributed by atoms with Gasteiger partial charge in [0.15, 0.2) is 5.17 Å². The minimum absolute atomic E-state index is 0.0687. The third-order valence-electron chi connectivity index (χ3n) is 5.39. The zero-order valence-electron chi connectivity index (χ0n) is 20.6. The summed E-state index contributed by atoms with van der Waals surface area (Å²) in [5.74, 6) is -1.34. The Balaban J connectivity index is 1.37. The molecule has 0 aliphatic carbocycles. The Morgan fingerprint density at radius 1 is 1.12 bits per heavy atom. The summed E-state index contributed by atoms with van der Waals surface area (Å²) in [6.45, 7) is 1.68. The molecule has 1 aliphatic heterocycles. The molecule has 208 valence electrons. The second kappa shape index (κ2) is 12.5. The number of thioether (sulfide) groups is 1. The van der Waals surface area contributed by atoms with Crippen molar-refractivity contribution in [3.63, 3.8) is 0 Å². The van der Waals surface area contributed by atoms with Crippen LogP contribution in [0.15, 0.2) is 81.9 Å². The average Bonchev–Trinajstić information content (AvgIpc) is 3.17. The maximum atomic E-state index is 14.5. The zero-order valence-corrected chi connectivity index (χ0v) is 22.2. The number of carbonyl (C=O) groups is 1. The zero-order chi connectivity index (χ0) is 28.9. The Bertz CT molecular complexity index is 1430. The predicted octanol–water partition coefficient (Wildman–Crippen LogP) is 6.33. The Morgan fingerprint density at radius 3 is 2.48 bits per heavy atom. The lowest BCUT2D eigenvalue weighted by Gasteiger charge is -2.17. The first-order chi connectivity index (χ1) is 19.0. The number of ether oxygens (including phenoxy) is 1. The molecule has 3 aromatic rings. The minimum Gasteiger partial charge on any atom is -0.406 e. The molecule has 40 heavy (non-hydrogen) atoms. The summed E-state index contributed by atoms with van der Waals surface area (Å²) in [4.78, 5) is 17.9. The van der Waals surface area contributed by atoms with Gasteiger partial charge in [0, 0.05) is 5.69 Å². The maximum absolute atomic E-state index is 14.5. The van der Waals surface area contributed by atoms with Crippen LogP contribution in [-0.4, -0.2) is 35.2 Å². The fraction of sp³-hybridized carbons (Fsp3) is 0.154. The minimum atomic E-state index is -4.76. The van der Waals surface area contributed by atoms with Gasteiger partial charge in [0.2, 0.25) is 5.91 Å². The second-order valence-corrected chi connectivity index (χ2v) is 9.95. The predicted molar refractivity (Wildman–Crippen MR) is 150 cm³/mol. The summed E-state index contributed by atoms with van der Waals surface area (Å²) in [5, 5.41) is 10.8. The van der Waals surface area contributed by atoms with Crippen molar-refractivity contribution in [1.29, 1.82) is 0 Å². The number of hydrogen-bond donors (Lipinski definition) is 2. The number of nitrogens with two attached hydrogens (primary N) is 1. The van der Waals surface area contributed by atoms with Crippen LogP contribution in [0.25, 0.3) is 0 Å². The Labute approximate surface area is 235 Å². The molecule has 2 unspecified atom stereocenters. The van der Waals surface area contributed by atoms with E-state index in [0.29, 0.717) is 16.8 Å². The fourth-order valence-electron chi connectivity index (χ4n) is 3.47. The molecule has 1 saturated heterocycles. The lowest BCUT2D eigenvalue weighted by atomic mass is 10.1. The molecule has 0 bridgehead atoms. The highest BCUT2D eigenvalue weighted by Gasteiger charge is 2.38. The molecule has 3 aromatic carbocycles. The molecule has 14 heteroatoms. The molecule has 2 atom stereocenters. The number of aliphatic imine (C=N–C) groups is 1. The first kappa shape index (κ1) is 29.1. The third-order valence-corrected chi connectivity index (χ3v) is 6.72. The van der Waals surface area contributed by atoms with E-state index in [0.717, 1.165) is 16.7 Å². The van der Waals surface area contributed by atoms with Crippen molar-refractivity contribution in [1.82, 2.24) is 0 Å². The normalized spacial score (nSPS) is 17.8. The van der Waals surface area contributed by atoms with E-state index in [4.69, 9.17) is 17.3 Å². The van der Waals surface area contributed by atoms with Gasteiger partial charge in [0.25, 0.3) is 0 Å². The Hall–Kier alpha value is -3.94. The first-order valence-corrected chi connectivity index (χ1v) is 12.8. The van der Waals surface area contributed by atoms with Gasteiger partial charge in [-0.25, -0.2) is 4.39 Å². The first-order valence-electron chi connectivity index (χ1n) is 11.6. The van der Waals surface area contributed by atoms with E-state index in [1.165, 1.54) is 55.0 Å². The topological polar surface area (TPSA) is 105 Å². The molecular formula is C26H21ClF4N6O2S. The van der Waals surface area contributed by atoms with Crippen LogP contribution >= 0.6 is 23.4 Å². The van der Waals surface area contributed by atoms with Crippen LogP contribution in [0.4, 0.5) is 28.9 Å². The number of benzene rings is 3. The van der Waals surface area contributed by atoms with E-state index >= 15 is 0 Å². The maximum Gasteiger partial charge on any atom is 0.573 e. The van der Waals surface area contributed by atoms with Gasteiger partial charge in [-0.15, -0.1) is 18.3 Å². The van der Waals surface area contributed by atoms with Crippen LogP contribution in [0.2, 0.25) is 5.02 Å². The summed E-state index contributed by atoms with van der Waals surface area (Å²) in [6.07, 6.45) is -2.67. The van der Waals surface area contributed by atoms with Crippen LogP contribution < -0.4 is 20.7 Å². The van der Waals surface area contributed by atoms with Crippen molar-refractivity contribution >= 4 is 58.4 Å². The molecule has 1 fully saturated rings. The van der Waals surface area contributed by atoms with E-state index < -0.39 is 23.6 Å². The SMILES string of the molecule is CC1S/C(=N\N=C\c2ccc(C(N)N=CNc3ccc(OC(F)(F)F)cc3)cc2)N(c2c(F)cccc2Cl)C1=O. The highest BCUT2D eigenvalue weighted by atomic mass is 35.5. The van der Waals surface area contributed by atoms with Crippen LogP contribution in [0.1, 0.15) is 24.2 Å². The molecule has 4 rings (SSSR count). The number of anilines is 2. The standard InChI is InChI=1S/C26H21ClF4N6O2S/c1-15-24(38)37(22-20(27)3-2-4-21(22)28)25(40-15)36-35-13-16-5-7-17(8-6-16)23(32)34-14-33-18-9-11-19(12-10-18)39-26(29,30)31/h2-15,23H,32H2,1H3,(H,33,34)/b35-13+,36-25-. The van der Waals surface area contributed by atoms with Crippen molar-refractivity contribution in [2.75, 3.05) is 10.2 Å². The van der Waals surface area contributed by atoms with E-state index in [9.17, 15) is 22.4 Å². The molecule has 1 heterocycles. The van der Waals surface area contributed by atoms with E-state index in [1.807, 2.05) is 0 Å². The number of nitrogens with zero attached hydrogens (tertiary/aromatic N) is 4. The average molecular weight is 593 g/mol. The smallest absolute Gasteiger partial charge is 0.406 e. The van der Waals surface area contributed by atoms with Gasteiger partial charge in [0.1, 0.15) is 23.4 Å². The van der Waals surface area contributed by atoms with Crippen LogP contribution in [-0.2, 0) is 4.79 Å². The largest absolute Gasteiger partial charge is 0.573 e. The molecule has 1 amide bonds. The molecular weight excluding hydrogens is 572 g/mol. The third kappa shape index (κ3) is 7.37. The number of halogens is 5. The van der Waals surface area contributed by atoms with Gasteiger partial charge in [-0.2, -0.15) is 5.10 Å². The number of rotatable bonds is 8. The van der Waals surface area contributed by atoms with Crippen molar-refractivity contribution in [3.05, 3.63) is 88.7 Å². The van der Waals surface area contributed by atoms with Gasteiger partial charge >= 0.3 is 6.36 Å². The number of amidine groups is 1. The van der Waals surface area contributed by atoms with Crippen molar-refractivity contribution < 1.29 is 27.1 Å². The van der Waals surface area contributed by atoms with E-state index in [1.54, 1.807) is 31.2 Å². The fourth-order valence-corrected chi connectivity index (χ4v) is 4.62. The van der Waals surface area contributed by atoms with Crippen LogP contribution in [0.5, 0.6) is 5.75 Å². The van der Waals surface area contributed by atoms with Crippen molar-refractivity contribution in [3.8, 4) is 5.75 Å². The number of hydrogen-bond acceptors (Lipinski definition) is 7. The highest BCUT2D eigenvalue weighted by molar-refractivity contribution is 8.16. The quantitative estimate of drug-likeness (QED) is 0.138. The number of amides is 1. The van der Waals surface area contributed by atoms with Crippen LogP contribution in [0.3, 0.4) is 0 Å². The summed E-state index contributed by atoms with van der Waals surface area (Å²) < 4.78 is 55.0. The molecule has 0 saturated carbocycles. The van der Waals surface area contributed by atoms with Crippen LogP contribution in [0, 0.1) is 5.82 Å². The van der Waals surface area contributed by atoms with Gasteiger partial charge in [0.05, 0.1) is 22.8 Å². The number of para-hydroxylation sites is 1. The van der Waals surface area contributed by atoms with Gasteiger partial charge in [-0.1, -0.05) is 53.7 Å². The van der Waals surface area contributed by atoms with Gasteiger partial charge in [-0.05, 0) is 54.4 Å². The number of nitrogens with one attached hydrogen (secondary N) is 1. The van der Waals surface area contributed by atoms with E-state index in [-0.39, 0.29) is 27.5 Å². The summed E-state index contributed by atoms with van der Waals surface area (Å²) in [7, 11) is 0. The van der Waals surface area contributed by atoms with E-state index in [2.05, 4.69) is 25.2 Å². The summed E-state index contributed by atoms with van der Waals surface area (Å²) >= 11 is 7.29. The monoisotopic (exact) mass is 592 g/mol. The number of alkyl halides is 3. The second-order valence-electron chi connectivity index (χ2n) is 8.24. The lowest BCUT2D eigenvalue weighted by Crippen LogP contribution is -2.32. The Kier molecular flexibility index (Phi) is 9.07. The van der Waals surface area contributed by atoms with Gasteiger partial charge in [-0.3, -0.25) is 14.7 Å². The summed E-state index contributed by atoms with van der Waals surface area (Å²) in [6, 6.07) is 16.3. The van der Waals surface area contributed by atoms with Crippen molar-refractivity contribution in [2.45, 2.75) is 24.7 Å². The Morgan fingerprint density at radius 2 is 1.82 bits per heavy atom. The molecule has 1 aliphatic rings. The molecule has 3 N–H and O–H groups in total. The lowest BCUT2D eigenvalue weighted by molar-refractivity contribution is -0.274. The molecule has 0 aromatic heterocycles. The highest BCUT2D eigenvalue weighted by Crippen LogP contribution is 2.37. The van der Waals surface area contributed by atoms with Gasteiger partial charge < -0.3 is 15.8 Å². The summed E-state index contributed by atoms with van der Waals surface area (Å²) in [5.41, 5.74) is 7.87. The number of carbonyl (C=O) groups excluding carboxylic acids is 1.